The van der Waals surface area contributed by atoms with Gasteiger partial charge in [0.25, 0.3) is 0 Å². The molecular weight excluding hydrogens is 448 g/mol. The van der Waals surface area contributed by atoms with Gasteiger partial charge < -0.3 is 30.0 Å². The fourth-order valence-electron chi connectivity index (χ4n) is 4.38. The van der Waals surface area contributed by atoms with Crippen LogP contribution >= 0.6 is 11.6 Å². The van der Waals surface area contributed by atoms with Crippen molar-refractivity contribution in [2.75, 3.05) is 25.6 Å². The van der Waals surface area contributed by atoms with E-state index in [1.165, 1.54) is 7.11 Å². The number of hydrogen-bond donors (Lipinski definition) is 3. The van der Waals surface area contributed by atoms with E-state index in [9.17, 15) is 14.7 Å². The molecule has 1 saturated heterocycles. The highest BCUT2D eigenvalue weighted by Crippen LogP contribution is 2.47. The molecule has 0 bridgehead atoms. The first-order chi connectivity index (χ1) is 16.0. The summed E-state index contributed by atoms with van der Waals surface area (Å²) < 4.78 is 16.9. The summed E-state index contributed by atoms with van der Waals surface area (Å²) in [5, 5.41) is 16.2. The van der Waals surface area contributed by atoms with E-state index in [-0.39, 0.29) is 49.6 Å². The summed E-state index contributed by atoms with van der Waals surface area (Å²) in [7, 11) is 1.46. The maximum absolute atomic E-state index is 12.6. The van der Waals surface area contributed by atoms with Crippen molar-refractivity contribution in [1.29, 1.82) is 0 Å². The largest absolute Gasteiger partial charge is 0.487 e. The molecular formula is C24H27ClN2O6. The van der Waals surface area contributed by atoms with Crippen LogP contribution in [0.15, 0.2) is 42.5 Å². The smallest absolute Gasteiger partial charge is 0.250 e. The molecule has 4 atom stereocenters. The number of amides is 2. The summed E-state index contributed by atoms with van der Waals surface area (Å²) >= 11 is 5.90. The van der Waals surface area contributed by atoms with Gasteiger partial charge in [0, 0.05) is 35.8 Å². The molecule has 0 unspecified atom stereocenters. The second-order valence-electron chi connectivity index (χ2n) is 8.24. The number of aliphatic hydroxyl groups excluding tert-OH is 1. The fourth-order valence-corrected chi connectivity index (χ4v) is 4.50. The number of carbonyl (C=O) groups excluding carboxylic acids is 2. The zero-order chi connectivity index (χ0) is 23.4. The summed E-state index contributed by atoms with van der Waals surface area (Å²) in [5.74, 6) is 0.261. The lowest BCUT2D eigenvalue weighted by Crippen LogP contribution is -2.47. The molecule has 1 fully saturated rings. The zero-order valence-corrected chi connectivity index (χ0v) is 19.0. The van der Waals surface area contributed by atoms with E-state index in [2.05, 4.69) is 10.6 Å². The van der Waals surface area contributed by atoms with Crippen molar-refractivity contribution in [2.24, 2.45) is 0 Å². The van der Waals surface area contributed by atoms with Crippen LogP contribution in [0.2, 0.25) is 5.02 Å². The minimum Gasteiger partial charge on any atom is -0.487 e. The van der Waals surface area contributed by atoms with Crippen molar-refractivity contribution < 1.29 is 28.9 Å². The monoisotopic (exact) mass is 474 g/mol. The van der Waals surface area contributed by atoms with Gasteiger partial charge in [0.05, 0.1) is 19.1 Å². The van der Waals surface area contributed by atoms with Gasteiger partial charge in [-0.3, -0.25) is 9.59 Å². The maximum atomic E-state index is 12.6. The van der Waals surface area contributed by atoms with E-state index >= 15 is 0 Å². The highest BCUT2D eigenvalue weighted by atomic mass is 35.5. The standard InChI is InChI=1S/C24H27ClN2O6/c1-31-13-23(30)27-16-6-7-20-18(8-16)19-9-17(32-21(12-28)24(19)33-20)10-22(29)26-11-14-2-4-15(25)5-3-14/h2-8,17,19,21,24,28H,9-13H2,1H3,(H,26,29)(H,27,30)/t17-,19-,21+,24+/m0/s1. The molecule has 0 saturated carbocycles. The third-order valence-corrected chi connectivity index (χ3v) is 6.13. The predicted octanol–water partition coefficient (Wildman–Crippen LogP) is 2.63. The molecule has 0 aromatic heterocycles. The van der Waals surface area contributed by atoms with Gasteiger partial charge in [0.15, 0.2) is 0 Å². The number of ether oxygens (including phenoxy) is 3. The van der Waals surface area contributed by atoms with Crippen molar-refractivity contribution >= 4 is 29.1 Å². The summed E-state index contributed by atoms with van der Waals surface area (Å²) in [6.45, 7) is 0.150. The molecule has 2 aliphatic heterocycles. The van der Waals surface area contributed by atoms with Crippen molar-refractivity contribution in [2.45, 2.75) is 43.6 Å². The number of nitrogens with one attached hydrogen (secondary N) is 2. The van der Waals surface area contributed by atoms with Gasteiger partial charge in [0.1, 0.15) is 24.6 Å². The van der Waals surface area contributed by atoms with E-state index in [0.717, 1.165) is 11.1 Å². The van der Waals surface area contributed by atoms with E-state index in [4.69, 9.17) is 25.8 Å². The second-order valence-corrected chi connectivity index (χ2v) is 8.68. The quantitative estimate of drug-likeness (QED) is 0.543. The van der Waals surface area contributed by atoms with Gasteiger partial charge in [-0.15, -0.1) is 0 Å². The lowest BCUT2D eigenvalue weighted by molar-refractivity contribution is -0.142. The molecule has 2 aromatic carbocycles. The van der Waals surface area contributed by atoms with Crippen molar-refractivity contribution in [3.8, 4) is 5.75 Å². The van der Waals surface area contributed by atoms with E-state index < -0.39 is 6.10 Å². The van der Waals surface area contributed by atoms with Crippen LogP contribution in [-0.2, 0) is 25.6 Å². The van der Waals surface area contributed by atoms with E-state index in [1.54, 1.807) is 24.3 Å². The first-order valence-electron chi connectivity index (χ1n) is 10.8. The van der Waals surface area contributed by atoms with Gasteiger partial charge in [-0.1, -0.05) is 23.7 Å². The third-order valence-electron chi connectivity index (χ3n) is 5.87. The number of anilines is 1. The first kappa shape index (κ1) is 23.5. The number of aliphatic hydroxyl groups is 1. The maximum Gasteiger partial charge on any atom is 0.250 e. The molecule has 0 aliphatic carbocycles. The molecule has 9 heteroatoms. The van der Waals surface area contributed by atoms with Crippen molar-refractivity contribution in [1.82, 2.24) is 5.32 Å². The average molecular weight is 475 g/mol. The van der Waals surface area contributed by atoms with Crippen LogP contribution in [0, 0.1) is 0 Å². The summed E-state index contributed by atoms with van der Waals surface area (Å²) in [4.78, 5) is 24.4. The molecule has 2 amide bonds. The normalized spacial score (nSPS) is 23.2. The van der Waals surface area contributed by atoms with E-state index in [1.807, 2.05) is 18.2 Å². The molecule has 2 heterocycles. The fraction of sp³-hybridized carbons (Fsp3) is 0.417. The Morgan fingerprint density at radius 3 is 2.70 bits per heavy atom. The van der Waals surface area contributed by atoms with Crippen LogP contribution in [-0.4, -0.2) is 55.6 Å². The Balaban J connectivity index is 1.41. The van der Waals surface area contributed by atoms with Crippen LogP contribution in [0.4, 0.5) is 5.69 Å². The van der Waals surface area contributed by atoms with Crippen LogP contribution in [0.5, 0.6) is 5.75 Å². The summed E-state index contributed by atoms with van der Waals surface area (Å²) in [6, 6.07) is 12.7. The molecule has 33 heavy (non-hydrogen) atoms. The predicted molar refractivity (Wildman–Crippen MR) is 122 cm³/mol. The van der Waals surface area contributed by atoms with Crippen molar-refractivity contribution in [3.05, 3.63) is 58.6 Å². The second kappa shape index (κ2) is 10.5. The van der Waals surface area contributed by atoms with Crippen LogP contribution < -0.4 is 15.4 Å². The minimum absolute atomic E-state index is 0.0345. The Bertz CT molecular complexity index is 999. The third kappa shape index (κ3) is 5.65. The van der Waals surface area contributed by atoms with Gasteiger partial charge in [-0.25, -0.2) is 0 Å². The van der Waals surface area contributed by atoms with Gasteiger partial charge in [0.2, 0.25) is 11.8 Å². The number of rotatable bonds is 8. The molecule has 8 nitrogen and oxygen atoms in total. The molecule has 0 spiro atoms. The van der Waals surface area contributed by atoms with Crippen LogP contribution in [0.1, 0.15) is 29.9 Å². The zero-order valence-electron chi connectivity index (χ0n) is 18.3. The van der Waals surface area contributed by atoms with Crippen molar-refractivity contribution in [3.63, 3.8) is 0 Å². The topological polar surface area (TPSA) is 106 Å². The molecule has 2 aromatic rings. The number of fused-ring (bicyclic) bond motifs is 3. The number of carbonyl (C=O) groups is 2. The Kier molecular flexibility index (Phi) is 7.49. The highest BCUT2D eigenvalue weighted by molar-refractivity contribution is 6.30. The first-order valence-corrected chi connectivity index (χ1v) is 11.2. The molecule has 176 valence electrons. The Morgan fingerprint density at radius 2 is 1.97 bits per heavy atom. The summed E-state index contributed by atoms with van der Waals surface area (Å²) in [6.07, 6.45) is -0.514. The van der Waals surface area contributed by atoms with Gasteiger partial charge in [-0.05, 0) is 42.3 Å². The van der Waals surface area contributed by atoms with E-state index in [0.29, 0.717) is 29.4 Å². The number of halogens is 1. The average Bonchev–Trinajstić information content (AvgIpc) is 3.16. The number of methoxy groups -OCH3 is 1. The molecule has 2 aliphatic rings. The van der Waals surface area contributed by atoms with Crippen LogP contribution in [0.25, 0.3) is 0 Å². The lowest BCUT2D eigenvalue weighted by Gasteiger charge is -2.37. The molecule has 0 radical (unpaired) electrons. The Hall–Kier alpha value is -2.65. The number of hydrogen-bond acceptors (Lipinski definition) is 6. The van der Waals surface area contributed by atoms with Gasteiger partial charge >= 0.3 is 0 Å². The Labute approximate surface area is 197 Å². The SMILES string of the molecule is COCC(=O)Nc1ccc2c(c1)[C@@H]1C[C@@H](CC(=O)NCc3ccc(Cl)cc3)O[C@H](CO)[C@@H]1O2. The highest BCUT2D eigenvalue weighted by Gasteiger charge is 2.46. The Morgan fingerprint density at radius 1 is 1.18 bits per heavy atom. The molecule has 4 rings (SSSR count). The van der Waals surface area contributed by atoms with Crippen LogP contribution in [0.3, 0.4) is 0 Å². The van der Waals surface area contributed by atoms with Gasteiger partial charge in [-0.2, -0.15) is 0 Å². The number of benzene rings is 2. The molecule has 3 N–H and O–H groups in total. The summed E-state index contributed by atoms with van der Waals surface area (Å²) in [5.41, 5.74) is 2.53. The minimum atomic E-state index is -0.545. The lowest BCUT2D eigenvalue weighted by atomic mass is 9.84.